The highest BCUT2D eigenvalue weighted by Crippen LogP contribution is 2.40. The van der Waals surface area contributed by atoms with Crippen LogP contribution in [0.4, 0.5) is 0 Å². The lowest BCUT2D eigenvalue weighted by atomic mass is 9.88. The van der Waals surface area contributed by atoms with Crippen molar-refractivity contribution in [3.63, 3.8) is 0 Å². The van der Waals surface area contributed by atoms with Crippen LogP contribution in [0.3, 0.4) is 0 Å². The molecule has 4 nitrogen and oxygen atoms in total. The van der Waals surface area contributed by atoms with Gasteiger partial charge in [-0.05, 0) is 25.0 Å². The maximum Gasteiger partial charge on any atom is 0.0795 e. The largest absolute Gasteiger partial charge is 0.395 e. The summed E-state index contributed by atoms with van der Waals surface area (Å²) >= 11 is 2.02. The zero-order chi connectivity index (χ0) is 12.4. The van der Waals surface area contributed by atoms with Gasteiger partial charge in [-0.2, -0.15) is 11.8 Å². The Morgan fingerprint density at radius 1 is 1.39 bits per heavy atom. The molecule has 1 N–H and O–H groups in total. The molecule has 1 spiro atoms. The first kappa shape index (κ1) is 13.2. The molecule has 3 aliphatic heterocycles. The summed E-state index contributed by atoms with van der Waals surface area (Å²) in [6, 6.07) is 0.756. The molecule has 3 saturated heterocycles. The van der Waals surface area contributed by atoms with Crippen LogP contribution >= 0.6 is 11.8 Å². The Labute approximate surface area is 113 Å². The van der Waals surface area contributed by atoms with Crippen LogP contribution in [0.15, 0.2) is 0 Å². The molecule has 18 heavy (non-hydrogen) atoms. The number of aliphatic hydroxyl groups excluding tert-OH is 1. The van der Waals surface area contributed by atoms with E-state index in [9.17, 15) is 5.11 Å². The van der Waals surface area contributed by atoms with Gasteiger partial charge in [-0.1, -0.05) is 0 Å². The number of hydrogen-bond acceptors (Lipinski definition) is 5. The van der Waals surface area contributed by atoms with Crippen molar-refractivity contribution in [2.45, 2.75) is 36.9 Å². The Hall–Kier alpha value is 0.190. The van der Waals surface area contributed by atoms with Gasteiger partial charge in [0.05, 0.1) is 31.5 Å². The molecule has 0 aromatic carbocycles. The minimum Gasteiger partial charge on any atom is -0.395 e. The molecule has 0 amide bonds. The van der Waals surface area contributed by atoms with Crippen LogP contribution in [0.25, 0.3) is 0 Å². The fraction of sp³-hybridized carbons (Fsp3) is 1.00. The molecular formula is C13H23NO3S. The molecule has 3 atom stereocenters. The van der Waals surface area contributed by atoms with Crippen molar-refractivity contribution in [3.05, 3.63) is 0 Å². The highest BCUT2D eigenvalue weighted by molar-refractivity contribution is 7.99. The molecule has 5 heteroatoms. The Balaban J connectivity index is 1.67. The van der Waals surface area contributed by atoms with Gasteiger partial charge in [0.25, 0.3) is 0 Å². The van der Waals surface area contributed by atoms with Gasteiger partial charge in [-0.3, -0.25) is 4.90 Å². The molecule has 0 aromatic heterocycles. The fourth-order valence-electron chi connectivity index (χ4n) is 3.45. The monoisotopic (exact) mass is 273 g/mol. The summed E-state index contributed by atoms with van der Waals surface area (Å²) in [6.45, 7) is 3.52. The zero-order valence-electron chi connectivity index (χ0n) is 10.8. The van der Waals surface area contributed by atoms with Gasteiger partial charge in [-0.25, -0.2) is 0 Å². The van der Waals surface area contributed by atoms with Gasteiger partial charge in [0.2, 0.25) is 0 Å². The minimum absolute atomic E-state index is 0.131. The summed E-state index contributed by atoms with van der Waals surface area (Å²) in [7, 11) is 0. The van der Waals surface area contributed by atoms with E-state index in [1.165, 1.54) is 12.2 Å². The number of rotatable bonds is 2. The average molecular weight is 273 g/mol. The van der Waals surface area contributed by atoms with Crippen molar-refractivity contribution in [1.29, 1.82) is 0 Å². The standard InChI is InChI=1S/C13H23NO3S/c15-8-12-9-16-5-3-14(12)11-1-4-17-13(7-11)2-6-18-10-13/h11-12,15H,1-10H2. The molecule has 3 unspecified atom stereocenters. The van der Waals surface area contributed by atoms with E-state index in [2.05, 4.69) is 4.90 Å². The van der Waals surface area contributed by atoms with Crippen LogP contribution in [0.1, 0.15) is 19.3 Å². The van der Waals surface area contributed by atoms with E-state index >= 15 is 0 Å². The SMILES string of the molecule is OCC1COCCN1C1CCOC2(CCSC2)C1. The molecule has 0 aliphatic carbocycles. The van der Waals surface area contributed by atoms with Crippen LogP contribution < -0.4 is 0 Å². The molecular weight excluding hydrogens is 250 g/mol. The maximum absolute atomic E-state index is 9.49. The van der Waals surface area contributed by atoms with Gasteiger partial charge in [-0.15, -0.1) is 0 Å². The van der Waals surface area contributed by atoms with Crippen molar-refractivity contribution >= 4 is 11.8 Å². The van der Waals surface area contributed by atoms with Crippen molar-refractivity contribution in [2.75, 3.05) is 44.5 Å². The summed E-state index contributed by atoms with van der Waals surface area (Å²) in [5, 5.41) is 9.49. The quantitative estimate of drug-likeness (QED) is 0.803. The van der Waals surface area contributed by atoms with E-state index in [0.717, 1.165) is 38.4 Å². The number of morpholine rings is 1. The number of aliphatic hydroxyl groups is 1. The summed E-state index contributed by atoms with van der Waals surface area (Å²) < 4.78 is 11.5. The first-order valence-corrected chi connectivity index (χ1v) is 8.14. The predicted molar refractivity (Wildman–Crippen MR) is 72.0 cm³/mol. The van der Waals surface area contributed by atoms with E-state index in [1.807, 2.05) is 11.8 Å². The lowest BCUT2D eigenvalue weighted by Gasteiger charge is -2.46. The van der Waals surface area contributed by atoms with Crippen LogP contribution in [0, 0.1) is 0 Å². The fourth-order valence-corrected chi connectivity index (χ4v) is 4.83. The minimum atomic E-state index is 0.131. The third kappa shape index (κ3) is 2.56. The van der Waals surface area contributed by atoms with E-state index < -0.39 is 0 Å². The van der Waals surface area contributed by atoms with E-state index in [0.29, 0.717) is 12.6 Å². The zero-order valence-corrected chi connectivity index (χ0v) is 11.7. The van der Waals surface area contributed by atoms with Crippen molar-refractivity contribution < 1.29 is 14.6 Å². The van der Waals surface area contributed by atoms with Crippen molar-refractivity contribution in [2.24, 2.45) is 0 Å². The molecule has 3 rings (SSSR count). The Morgan fingerprint density at radius 3 is 3.11 bits per heavy atom. The molecule has 104 valence electrons. The second-order valence-electron chi connectivity index (χ2n) is 5.63. The lowest BCUT2D eigenvalue weighted by Crippen LogP contribution is -2.57. The number of nitrogens with zero attached hydrogens (tertiary/aromatic N) is 1. The number of ether oxygens (including phenoxy) is 2. The number of hydrogen-bond donors (Lipinski definition) is 1. The van der Waals surface area contributed by atoms with Gasteiger partial charge in [0.1, 0.15) is 0 Å². The summed E-state index contributed by atoms with van der Waals surface area (Å²) in [5.41, 5.74) is 0.131. The van der Waals surface area contributed by atoms with Gasteiger partial charge < -0.3 is 14.6 Å². The predicted octanol–water partition coefficient (Wildman–Crippen LogP) is 0.734. The lowest BCUT2D eigenvalue weighted by molar-refractivity contribution is -0.119. The third-order valence-corrected chi connectivity index (χ3v) is 5.71. The first-order valence-electron chi connectivity index (χ1n) is 6.99. The van der Waals surface area contributed by atoms with Crippen LogP contribution in [0.2, 0.25) is 0 Å². The Kier molecular flexibility index (Phi) is 4.15. The molecule has 0 saturated carbocycles. The topological polar surface area (TPSA) is 41.9 Å². The van der Waals surface area contributed by atoms with Gasteiger partial charge >= 0.3 is 0 Å². The molecule has 3 heterocycles. The summed E-state index contributed by atoms with van der Waals surface area (Å²) in [6.07, 6.45) is 3.43. The summed E-state index contributed by atoms with van der Waals surface area (Å²) in [5.74, 6) is 2.39. The normalized spacial score (nSPS) is 42.5. The van der Waals surface area contributed by atoms with E-state index in [-0.39, 0.29) is 18.2 Å². The van der Waals surface area contributed by atoms with Crippen LogP contribution in [-0.2, 0) is 9.47 Å². The molecule has 0 bridgehead atoms. The van der Waals surface area contributed by atoms with Gasteiger partial charge in [0, 0.05) is 24.9 Å². The van der Waals surface area contributed by atoms with Crippen LogP contribution in [-0.4, -0.2) is 72.2 Å². The maximum atomic E-state index is 9.49. The molecule has 3 aliphatic rings. The second-order valence-corrected chi connectivity index (χ2v) is 6.73. The van der Waals surface area contributed by atoms with Crippen LogP contribution in [0.5, 0.6) is 0 Å². The van der Waals surface area contributed by atoms with E-state index in [4.69, 9.17) is 9.47 Å². The first-order chi connectivity index (χ1) is 8.83. The Bertz CT molecular complexity index is 283. The highest BCUT2D eigenvalue weighted by Gasteiger charge is 2.43. The molecule has 0 radical (unpaired) electrons. The molecule has 0 aromatic rings. The summed E-state index contributed by atoms with van der Waals surface area (Å²) in [4.78, 5) is 2.47. The van der Waals surface area contributed by atoms with E-state index in [1.54, 1.807) is 0 Å². The second kappa shape index (κ2) is 5.67. The smallest absolute Gasteiger partial charge is 0.0795 e. The third-order valence-electron chi connectivity index (χ3n) is 4.49. The number of thioether (sulfide) groups is 1. The van der Waals surface area contributed by atoms with Gasteiger partial charge in [0.15, 0.2) is 0 Å². The van der Waals surface area contributed by atoms with Crippen molar-refractivity contribution in [3.8, 4) is 0 Å². The average Bonchev–Trinajstić information content (AvgIpc) is 2.86. The van der Waals surface area contributed by atoms with Crippen molar-refractivity contribution in [1.82, 2.24) is 4.90 Å². The molecule has 3 fully saturated rings. The highest BCUT2D eigenvalue weighted by atomic mass is 32.2. The Morgan fingerprint density at radius 2 is 2.33 bits per heavy atom.